The van der Waals surface area contributed by atoms with Crippen LogP contribution in [0.3, 0.4) is 0 Å². The molecular formula is C12H16FNO3S. The lowest BCUT2D eigenvalue weighted by Crippen LogP contribution is -2.44. The fourth-order valence-electron chi connectivity index (χ4n) is 2.28. The maximum atomic E-state index is 13.1. The second-order valence-electron chi connectivity index (χ2n) is 5.02. The highest BCUT2D eigenvalue weighted by Crippen LogP contribution is 2.43. The van der Waals surface area contributed by atoms with Gasteiger partial charge in [0.15, 0.2) is 0 Å². The summed E-state index contributed by atoms with van der Waals surface area (Å²) in [4.78, 5) is 0. The first-order valence-electron chi connectivity index (χ1n) is 5.68. The van der Waals surface area contributed by atoms with Crippen LogP contribution in [-0.2, 0) is 10.0 Å². The van der Waals surface area contributed by atoms with Gasteiger partial charge in [0.05, 0.1) is 11.4 Å². The molecule has 0 bridgehead atoms. The molecule has 4 nitrogen and oxygen atoms in total. The molecule has 2 N–H and O–H groups in total. The predicted octanol–water partition coefficient (Wildman–Crippen LogP) is 1.76. The molecule has 1 aromatic rings. The van der Waals surface area contributed by atoms with Crippen LogP contribution in [0.4, 0.5) is 4.39 Å². The van der Waals surface area contributed by atoms with Gasteiger partial charge in [0.2, 0.25) is 10.0 Å². The average Bonchev–Trinajstić information content (AvgIpc) is 2.26. The third-order valence-corrected chi connectivity index (χ3v) is 5.34. The Balaban J connectivity index is 2.52. The van der Waals surface area contributed by atoms with E-state index in [0.29, 0.717) is 24.3 Å². The lowest BCUT2D eigenvalue weighted by Gasteiger charge is -2.36. The largest absolute Gasteiger partial charge is 0.493 e. The maximum absolute atomic E-state index is 13.1. The van der Waals surface area contributed by atoms with Gasteiger partial charge in [-0.25, -0.2) is 17.9 Å². The van der Waals surface area contributed by atoms with E-state index in [-0.39, 0.29) is 5.92 Å². The maximum Gasteiger partial charge on any atom is 0.214 e. The molecule has 2 rings (SSSR count). The van der Waals surface area contributed by atoms with Crippen molar-refractivity contribution < 1.29 is 17.5 Å². The van der Waals surface area contributed by atoms with Gasteiger partial charge in [0.1, 0.15) is 11.6 Å². The minimum Gasteiger partial charge on any atom is -0.493 e. The van der Waals surface area contributed by atoms with Gasteiger partial charge in [-0.3, -0.25) is 0 Å². The molecule has 100 valence electrons. The highest BCUT2D eigenvalue weighted by molar-refractivity contribution is 7.90. The highest BCUT2D eigenvalue weighted by Gasteiger charge is 2.43. The monoisotopic (exact) mass is 273 g/mol. The van der Waals surface area contributed by atoms with E-state index in [9.17, 15) is 12.8 Å². The molecule has 0 saturated carbocycles. The summed E-state index contributed by atoms with van der Waals surface area (Å²) in [7, 11) is -3.70. The first kappa shape index (κ1) is 13.3. The zero-order valence-electron chi connectivity index (χ0n) is 10.3. The van der Waals surface area contributed by atoms with Crippen molar-refractivity contribution in [3.63, 3.8) is 0 Å². The molecule has 1 atom stereocenters. The number of nitrogens with two attached hydrogens (primary N) is 1. The lowest BCUT2D eigenvalue weighted by molar-refractivity contribution is 0.250. The number of ether oxygens (including phenoxy) is 1. The van der Waals surface area contributed by atoms with E-state index in [0.717, 1.165) is 0 Å². The Morgan fingerprint density at radius 2 is 2.11 bits per heavy atom. The molecular weight excluding hydrogens is 257 g/mol. The van der Waals surface area contributed by atoms with Gasteiger partial charge in [0, 0.05) is 12.0 Å². The first-order valence-corrected chi connectivity index (χ1v) is 7.22. The molecule has 0 aliphatic carbocycles. The molecule has 0 amide bonds. The average molecular weight is 273 g/mol. The summed E-state index contributed by atoms with van der Waals surface area (Å²) in [6.07, 6.45) is 0.544. The molecule has 1 heterocycles. The third-order valence-electron chi connectivity index (χ3n) is 3.59. The zero-order chi connectivity index (χ0) is 13.6. The molecule has 0 aromatic heterocycles. The molecule has 18 heavy (non-hydrogen) atoms. The fourth-order valence-corrected chi connectivity index (χ4v) is 2.93. The second-order valence-corrected chi connectivity index (χ2v) is 7.16. The van der Waals surface area contributed by atoms with E-state index in [1.54, 1.807) is 19.9 Å². The topological polar surface area (TPSA) is 69.4 Å². The van der Waals surface area contributed by atoms with Gasteiger partial charge >= 0.3 is 0 Å². The molecule has 1 aliphatic heterocycles. The summed E-state index contributed by atoms with van der Waals surface area (Å²) in [5, 5.41) is 5.29. The Morgan fingerprint density at radius 1 is 1.44 bits per heavy atom. The number of rotatable bonds is 2. The van der Waals surface area contributed by atoms with E-state index in [2.05, 4.69) is 0 Å². The summed E-state index contributed by atoms with van der Waals surface area (Å²) in [5.41, 5.74) is 0.696. The van der Waals surface area contributed by atoms with E-state index >= 15 is 0 Å². The van der Waals surface area contributed by atoms with Crippen LogP contribution in [0.5, 0.6) is 5.75 Å². The van der Waals surface area contributed by atoms with Crippen molar-refractivity contribution in [2.45, 2.75) is 30.9 Å². The Labute approximate surface area is 106 Å². The minimum absolute atomic E-state index is 0.295. The normalized spacial score (nSPS) is 20.1. The summed E-state index contributed by atoms with van der Waals surface area (Å²) < 4.78 is 40.8. The number of halogens is 1. The van der Waals surface area contributed by atoms with Crippen LogP contribution in [0.1, 0.15) is 31.7 Å². The van der Waals surface area contributed by atoms with Crippen molar-refractivity contribution in [1.82, 2.24) is 0 Å². The summed E-state index contributed by atoms with van der Waals surface area (Å²) in [6.45, 7) is 3.54. The standard InChI is InChI=1S/C12H16FNO3S/c1-12(2,18(14,15)16)10-5-6-17-11-7-8(13)3-4-9(10)11/h3-4,7,10H,5-6H2,1-2H3,(H2,14,15,16). The minimum atomic E-state index is -3.70. The van der Waals surface area contributed by atoms with Crippen LogP contribution in [0.15, 0.2) is 18.2 Å². The zero-order valence-corrected chi connectivity index (χ0v) is 11.1. The first-order chi connectivity index (χ1) is 8.23. The number of hydrogen-bond donors (Lipinski definition) is 1. The SMILES string of the molecule is CC(C)(C1CCOc2cc(F)ccc21)S(N)(=O)=O. The third kappa shape index (κ3) is 2.10. The highest BCUT2D eigenvalue weighted by atomic mass is 32.2. The second kappa shape index (κ2) is 4.20. The lowest BCUT2D eigenvalue weighted by atomic mass is 9.83. The van der Waals surface area contributed by atoms with E-state index in [1.807, 2.05) is 0 Å². The summed E-state index contributed by atoms with van der Waals surface area (Å²) in [6, 6.07) is 4.15. The van der Waals surface area contributed by atoms with Crippen molar-refractivity contribution in [2.24, 2.45) is 5.14 Å². The van der Waals surface area contributed by atoms with Crippen molar-refractivity contribution in [1.29, 1.82) is 0 Å². The van der Waals surface area contributed by atoms with Crippen molar-refractivity contribution >= 4 is 10.0 Å². The van der Waals surface area contributed by atoms with E-state index in [1.165, 1.54) is 12.1 Å². The van der Waals surface area contributed by atoms with Crippen molar-refractivity contribution in [3.8, 4) is 5.75 Å². The quantitative estimate of drug-likeness (QED) is 0.892. The molecule has 1 unspecified atom stereocenters. The number of primary sulfonamides is 1. The van der Waals surface area contributed by atoms with Crippen molar-refractivity contribution in [2.75, 3.05) is 6.61 Å². The number of sulfonamides is 1. The predicted molar refractivity (Wildman–Crippen MR) is 66.4 cm³/mol. The molecule has 1 aliphatic rings. The van der Waals surface area contributed by atoms with Gasteiger partial charge in [0.25, 0.3) is 0 Å². The summed E-state index contributed by atoms with van der Waals surface area (Å²) >= 11 is 0. The van der Waals surface area contributed by atoms with Crippen LogP contribution in [0.2, 0.25) is 0 Å². The van der Waals surface area contributed by atoms with Gasteiger partial charge < -0.3 is 4.74 Å². The van der Waals surface area contributed by atoms with Crippen LogP contribution < -0.4 is 9.88 Å². The molecule has 1 aromatic carbocycles. The van der Waals surface area contributed by atoms with Gasteiger partial charge in [-0.1, -0.05) is 6.07 Å². The molecule has 0 saturated heterocycles. The van der Waals surface area contributed by atoms with E-state index < -0.39 is 20.6 Å². The molecule has 6 heteroatoms. The van der Waals surface area contributed by atoms with E-state index in [4.69, 9.17) is 9.88 Å². The van der Waals surface area contributed by atoms with Crippen LogP contribution >= 0.6 is 0 Å². The van der Waals surface area contributed by atoms with Gasteiger partial charge in [-0.2, -0.15) is 0 Å². The van der Waals surface area contributed by atoms with Crippen molar-refractivity contribution in [3.05, 3.63) is 29.6 Å². The molecule has 0 spiro atoms. The molecule has 0 fully saturated rings. The van der Waals surface area contributed by atoms with Gasteiger partial charge in [-0.05, 0) is 31.9 Å². The van der Waals surface area contributed by atoms with Crippen LogP contribution in [0.25, 0.3) is 0 Å². The number of hydrogen-bond acceptors (Lipinski definition) is 3. The Morgan fingerprint density at radius 3 is 2.72 bits per heavy atom. The van der Waals surface area contributed by atoms with Crippen LogP contribution in [0, 0.1) is 5.82 Å². The van der Waals surface area contributed by atoms with Gasteiger partial charge in [-0.15, -0.1) is 0 Å². The molecule has 0 radical (unpaired) electrons. The summed E-state index contributed by atoms with van der Waals surface area (Å²) in [5.74, 6) is -0.289. The number of benzene rings is 1. The van der Waals surface area contributed by atoms with Crippen LogP contribution in [-0.4, -0.2) is 19.8 Å². The Kier molecular flexibility index (Phi) is 3.11. The Hall–Kier alpha value is -1.14. The number of fused-ring (bicyclic) bond motifs is 1. The fraction of sp³-hybridized carbons (Fsp3) is 0.500. The Bertz CT molecular complexity index is 569. The smallest absolute Gasteiger partial charge is 0.214 e.